The molecule has 1 heterocycles. The van der Waals surface area contributed by atoms with Crippen LogP contribution in [-0.4, -0.2) is 42.9 Å². The fourth-order valence-electron chi connectivity index (χ4n) is 2.05. The second kappa shape index (κ2) is 3.02. The fraction of sp³-hybridized carbons (Fsp3) is 1.00. The third kappa shape index (κ3) is 1.39. The van der Waals surface area contributed by atoms with Crippen LogP contribution in [0.5, 0.6) is 0 Å². The smallest absolute Gasteiger partial charge is 0.109 e. The molecule has 0 aromatic rings. The van der Waals surface area contributed by atoms with E-state index in [2.05, 4.69) is 0 Å². The molecule has 2 N–H and O–H groups in total. The first-order chi connectivity index (χ1) is 5.72. The van der Waals surface area contributed by atoms with Crippen LogP contribution in [0.25, 0.3) is 0 Å². The van der Waals surface area contributed by atoms with Gasteiger partial charge in [-0.05, 0) is 24.7 Å². The summed E-state index contributed by atoms with van der Waals surface area (Å²) in [5.74, 6) is 0.835. The van der Waals surface area contributed by atoms with E-state index in [1.54, 1.807) is 0 Å². The molecule has 0 aromatic heterocycles. The van der Waals surface area contributed by atoms with Crippen molar-refractivity contribution >= 4 is 7.85 Å². The van der Waals surface area contributed by atoms with Crippen LogP contribution >= 0.6 is 0 Å². The molecule has 4 heteroatoms. The molecular weight excluding hydrogens is 155 g/mol. The number of fused-ring (bicyclic) bond motifs is 1. The molecule has 1 saturated heterocycles. The zero-order valence-corrected chi connectivity index (χ0v) is 6.89. The maximum Gasteiger partial charge on any atom is 0.109 e. The normalized spacial score (nSPS) is 52.7. The summed E-state index contributed by atoms with van der Waals surface area (Å²) < 4.78 is 5.25. The quantitative estimate of drug-likeness (QED) is 0.507. The molecule has 12 heavy (non-hydrogen) atoms. The van der Waals surface area contributed by atoms with Gasteiger partial charge >= 0.3 is 0 Å². The summed E-state index contributed by atoms with van der Waals surface area (Å²) in [6.07, 6.45) is 0.860. The predicted molar refractivity (Wildman–Crippen MR) is 43.7 cm³/mol. The zero-order chi connectivity index (χ0) is 8.72. The maximum atomic E-state index is 9.64. The molecule has 1 unspecified atom stereocenters. The van der Waals surface area contributed by atoms with Gasteiger partial charge in [-0.2, -0.15) is 0 Å². The number of aliphatic hydroxyl groups excluding tert-OH is 2. The van der Waals surface area contributed by atoms with E-state index in [0.717, 1.165) is 12.8 Å². The van der Waals surface area contributed by atoms with Crippen molar-refractivity contribution in [2.24, 2.45) is 11.8 Å². The predicted octanol–water partition coefficient (Wildman–Crippen LogP) is -0.741. The van der Waals surface area contributed by atoms with Gasteiger partial charge in [-0.15, -0.1) is 0 Å². The highest BCUT2D eigenvalue weighted by Gasteiger charge is 2.48. The molecule has 2 aliphatic rings. The Morgan fingerprint density at radius 3 is 2.83 bits per heavy atom. The number of rotatable bonds is 1. The summed E-state index contributed by atoms with van der Waals surface area (Å²) in [5, 5.41) is 18.5. The molecule has 3 nitrogen and oxygen atoms in total. The van der Waals surface area contributed by atoms with Gasteiger partial charge in [0.05, 0.1) is 12.7 Å². The first-order valence-corrected chi connectivity index (χ1v) is 4.42. The van der Waals surface area contributed by atoms with E-state index in [-0.39, 0.29) is 12.6 Å². The van der Waals surface area contributed by atoms with Crippen molar-refractivity contribution in [1.29, 1.82) is 0 Å². The number of hydrogen-bond donors (Lipinski definition) is 2. The van der Waals surface area contributed by atoms with Crippen molar-refractivity contribution in [2.45, 2.75) is 31.1 Å². The molecule has 0 amide bonds. The van der Waals surface area contributed by atoms with Crippen molar-refractivity contribution < 1.29 is 14.9 Å². The molecule has 1 saturated carbocycles. The fourth-order valence-corrected chi connectivity index (χ4v) is 2.05. The Bertz CT molecular complexity index is 176. The Labute approximate surface area is 73.1 Å². The van der Waals surface area contributed by atoms with Crippen LogP contribution in [0.15, 0.2) is 0 Å². The average molecular weight is 168 g/mol. The zero-order valence-electron chi connectivity index (χ0n) is 6.89. The molecule has 1 aliphatic carbocycles. The van der Waals surface area contributed by atoms with E-state index >= 15 is 0 Å². The molecular formula is C8H13BO3. The summed E-state index contributed by atoms with van der Waals surface area (Å²) in [7, 11) is 5.64. The molecule has 0 bridgehead atoms. The maximum absolute atomic E-state index is 9.64. The van der Waals surface area contributed by atoms with Gasteiger partial charge in [0.15, 0.2) is 0 Å². The number of aliphatic hydroxyl groups is 2. The Hall–Kier alpha value is -0.0551. The van der Waals surface area contributed by atoms with Crippen molar-refractivity contribution in [3.63, 3.8) is 0 Å². The summed E-state index contributed by atoms with van der Waals surface area (Å²) in [6, 6.07) is -0.311. The Kier molecular flexibility index (Phi) is 2.15. The molecule has 66 valence electrons. The second-order valence-corrected chi connectivity index (χ2v) is 3.78. The topological polar surface area (TPSA) is 49.7 Å². The van der Waals surface area contributed by atoms with Gasteiger partial charge in [0.1, 0.15) is 14.0 Å². The van der Waals surface area contributed by atoms with Crippen molar-refractivity contribution in [2.75, 3.05) is 6.61 Å². The third-order valence-electron chi connectivity index (χ3n) is 2.86. The van der Waals surface area contributed by atoms with Gasteiger partial charge in [0.2, 0.25) is 0 Å². The lowest BCUT2D eigenvalue weighted by molar-refractivity contribution is -0.0732. The lowest BCUT2D eigenvalue weighted by atomic mass is 9.94. The van der Waals surface area contributed by atoms with Crippen LogP contribution in [-0.2, 0) is 4.74 Å². The van der Waals surface area contributed by atoms with E-state index in [0.29, 0.717) is 11.8 Å². The van der Waals surface area contributed by atoms with Gasteiger partial charge in [-0.3, -0.25) is 0 Å². The van der Waals surface area contributed by atoms with Gasteiger partial charge in [0.25, 0.3) is 0 Å². The largest absolute Gasteiger partial charge is 0.394 e. The lowest BCUT2D eigenvalue weighted by Crippen LogP contribution is -2.35. The van der Waals surface area contributed by atoms with Crippen LogP contribution in [0.3, 0.4) is 0 Å². The molecule has 1 aliphatic heterocycles. The SMILES string of the molecule is [B]C1C[C@H]2C[C@H]2[C@H](O)[C@@H](CO)O1. The first-order valence-electron chi connectivity index (χ1n) is 4.42. The lowest BCUT2D eigenvalue weighted by Gasteiger charge is -2.22. The van der Waals surface area contributed by atoms with Gasteiger partial charge in [0, 0.05) is 6.00 Å². The van der Waals surface area contributed by atoms with E-state index in [1.807, 2.05) is 0 Å². The first kappa shape index (κ1) is 8.54. The van der Waals surface area contributed by atoms with Gasteiger partial charge < -0.3 is 14.9 Å². The highest BCUT2D eigenvalue weighted by molar-refractivity contribution is 6.11. The van der Waals surface area contributed by atoms with Crippen LogP contribution in [0.1, 0.15) is 12.8 Å². The molecule has 5 atom stereocenters. The monoisotopic (exact) mass is 168 g/mol. The highest BCUT2D eigenvalue weighted by atomic mass is 16.5. The highest BCUT2D eigenvalue weighted by Crippen LogP contribution is 2.47. The van der Waals surface area contributed by atoms with Crippen LogP contribution < -0.4 is 0 Å². The van der Waals surface area contributed by atoms with E-state index in [1.165, 1.54) is 0 Å². The molecule has 2 fully saturated rings. The second-order valence-electron chi connectivity index (χ2n) is 3.78. The average Bonchev–Trinajstić information content (AvgIpc) is 2.77. The number of ether oxygens (including phenoxy) is 1. The van der Waals surface area contributed by atoms with E-state index < -0.39 is 12.2 Å². The van der Waals surface area contributed by atoms with E-state index in [9.17, 15) is 5.11 Å². The number of hydrogen-bond acceptors (Lipinski definition) is 3. The minimum Gasteiger partial charge on any atom is -0.394 e. The van der Waals surface area contributed by atoms with Gasteiger partial charge in [-0.25, -0.2) is 0 Å². The summed E-state index contributed by atoms with van der Waals surface area (Å²) in [6.45, 7) is -0.141. The Balaban J connectivity index is 2.03. The van der Waals surface area contributed by atoms with Crippen LogP contribution in [0, 0.1) is 11.8 Å². The molecule has 2 rings (SSSR count). The van der Waals surface area contributed by atoms with Crippen molar-refractivity contribution in [3.05, 3.63) is 0 Å². The molecule has 0 aromatic carbocycles. The third-order valence-corrected chi connectivity index (χ3v) is 2.86. The molecule has 2 radical (unpaired) electrons. The van der Waals surface area contributed by atoms with Gasteiger partial charge in [-0.1, -0.05) is 0 Å². The van der Waals surface area contributed by atoms with Crippen molar-refractivity contribution in [1.82, 2.24) is 0 Å². The minimum atomic E-state index is -0.520. The van der Waals surface area contributed by atoms with Crippen LogP contribution in [0.2, 0.25) is 0 Å². The summed E-state index contributed by atoms with van der Waals surface area (Å²) in [5.41, 5.74) is 0. The Morgan fingerprint density at radius 2 is 2.17 bits per heavy atom. The van der Waals surface area contributed by atoms with Crippen molar-refractivity contribution in [3.8, 4) is 0 Å². The summed E-state index contributed by atoms with van der Waals surface area (Å²) >= 11 is 0. The van der Waals surface area contributed by atoms with E-state index in [4.69, 9.17) is 17.7 Å². The Morgan fingerprint density at radius 1 is 1.42 bits per heavy atom. The standard InChI is InChI=1S/C8H13BO3/c9-7-2-4-1-5(4)8(11)6(3-10)12-7/h4-8,10-11H,1-3H2/t4-,5-,6-,7?,8+/m1/s1. The minimum absolute atomic E-state index is 0.141. The summed E-state index contributed by atoms with van der Waals surface area (Å²) in [4.78, 5) is 0. The molecule has 0 spiro atoms. The van der Waals surface area contributed by atoms with Crippen LogP contribution in [0.4, 0.5) is 0 Å².